The van der Waals surface area contributed by atoms with E-state index in [0.29, 0.717) is 25.1 Å². The van der Waals surface area contributed by atoms with Crippen molar-refractivity contribution in [3.63, 3.8) is 0 Å². The molecule has 1 N–H and O–H groups in total. The molecule has 4 nitrogen and oxygen atoms in total. The number of hydrogen-bond donors (Lipinski definition) is 1. The average molecular weight is 305 g/mol. The van der Waals surface area contributed by atoms with E-state index in [4.69, 9.17) is 4.74 Å². The van der Waals surface area contributed by atoms with Crippen LogP contribution in [0.15, 0.2) is 18.2 Å². The topological polar surface area (TPSA) is 49.8 Å². The molecule has 0 bridgehead atoms. The van der Waals surface area contributed by atoms with Crippen molar-refractivity contribution in [3.05, 3.63) is 18.2 Å². The molecular formula is C18H27NO3. The van der Waals surface area contributed by atoms with Crippen molar-refractivity contribution in [3.8, 4) is 11.5 Å². The van der Waals surface area contributed by atoms with E-state index in [-0.39, 0.29) is 11.7 Å². The van der Waals surface area contributed by atoms with Gasteiger partial charge >= 0.3 is 0 Å². The highest BCUT2D eigenvalue weighted by Crippen LogP contribution is 2.42. The van der Waals surface area contributed by atoms with Gasteiger partial charge in [-0.05, 0) is 31.4 Å². The molecule has 4 heteroatoms. The van der Waals surface area contributed by atoms with Crippen molar-refractivity contribution in [2.75, 3.05) is 11.4 Å². The second-order valence-corrected chi connectivity index (χ2v) is 5.97. The van der Waals surface area contributed by atoms with E-state index >= 15 is 0 Å². The Balaban J connectivity index is 2.31. The molecule has 1 aliphatic heterocycles. The van der Waals surface area contributed by atoms with Gasteiger partial charge in [-0.25, -0.2) is 0 Å². The molecule has 2 rings (SSSR count). The van der Waals surface area contributed by atoms with Crippen LogP contribution < -0.4 is 9.64 Å². The van der Waals surface area contributed by atoms with Crippen LogP contribution in [0.5, 0.6) is 11.5 Å². The predicted molar refractivity (Wildman–Crippen MR) is 88.5 cm³/mol. The van der Waals surface area contributed by atoms with Gasteiger partial charge in [0.05, 0.1) is 5.69 Å². The lowest BCUT2D eigenvalue weighted by Gasteiger charge is -2.42. The van der Waals surface area contributed by atoms with Crippen LogP contribution in [0.3, 0.4) is 0 Å². The second-order valence-electron chi connectivity index (χ2n) is 5.97. The van der Waals surface area contributed by atoms with E-state index in [1.807, 2.05) is 18.7 Å². The molecule has 0 fully saturated rings. The van der Waals surface area contributed by atoms with Gasteiger partial charge in [-0.15, -0.1) is 0 Å². The number of hydrogen-bond acceptors (Lipinski definition) is 3. The number of anilines is 1. The number of benzene rings is 1. The van der Waals surface area contributed by atoms with Crippen LogP contribution in [0.25, 0.3) is 0 Å². The van der Waals surface area contributed by atoms with Crippen LogP contribution in [0.2, 0.25) is 0 Å². The first kappa shape index (κ1) is 16.7. The molecular weight excluding hydrogens is 278 g/mol. The third-order valence-corrected chi connectivity index (χ3v) is 4.55. The number of aromatic hydroxyl groups is 1. The molecule has 1 amide bonds. The summed E-state index contributed by atoms with van der Waals surface area (Å²) in [6.07, 6.45) is 5.73. The summed E-state index contributed by atoms with van der Waals surface area (Å²) in [6, 6.07) is 5.00. The van der Waals surface area contributed by atoms with Gasteiger partial charge in [-0.3, -0.25) is 4.79 Å². The summed E-state index contributed by atoms with van der Waals surface area (Å²) in [7, 11) is 0. The van der Waals surface area contributed by atoms with E-state index in [0.717, 1.165) is 18.5 Å². The van der Waals surface area contributed by atoms with Crippen LogP contribution >= 0.6 is 0 Å². The minimum Gasteiger partial charge on any atom is -0.508 e. The zero-order valence-corrected chi connectivity index (χ0v) is 13.9. The SMILES string of the molecule is CCCCCCN1C(=O)C(CC)(CC)Oc2cc(O)ccc21. The van der Waals surface area contributed by atoms with Crippen molar-refractivity contribution >= 4 is 11.6 Å². The van der Waals surface area contributed by atoms with E-state index in [1.54, 1.807) is 18.2 Å². The maximum absolute atomic E-state index is 13.0. The molecule has 0 radical (unpaired) electrons. The number of fused-ring (bicyclic) bond motifs is 1. The summed E-state index contributed by atoms with van der Waals surface area (Å²) in [5.74, 6) is 0.825. The minimum absolute atomic E-state index is 0.0483. The summed E-state index contributed by atoms with van der Waals surface area (Å²) in [4.78, 5) is 14.8. The van der Waals surface area contributed by atoms with Crippen LogP contribution in [-0.4, -0.2) is 23.2 Å². The van der Waals surface area contributed by atoms with E-state index in [1.165, 1.54) is 12.8 Å². The summed E-state index contributed by atoms with van der Waals surface area (Å²) in [5, 5.41) is 9.72. The monoisotopic (exact) mass is 305 g/mol. The molecule has 1 heterocycles. The van der Waals surface area contributed by atoms with Gasteiger partial charge in [0.1, 0.15) is 11.5 Å². The first-order valence-electron chi connectivity index (χ1n) is 8.42. The van der Waals surface area contributed by atoms with Gasteiger partial charge in [-0.2, -0.15) is 0 Å². The van der Waals surface area contributed by atoms with Gasteiger partial charge in [0.15, 0.2) is 5.60 Å². The quantitative estimate of drug-likeness (QED) is 0.766. The summed E-state index contributed by atoms with van der Waals surface area (Å²) >= 11 is 0. The van der Waals surface area contributed by atoms with Gasteiger partial charge < -0.3 is 14.7 Å². The van der Waals surface area contributed by atoms with Crippen molar-refractivity contribution in [1.82, 2.24) is 0 Å². The lowest BCUT2D eigenvalue weighted by Crippen LogP contribution is -2.55. The first-order chi connectivity index (χ1) is 10.6. The third-order valence-electron chi connectivity index (χ3n) is 4.55. The van der Waals surface area contributed by atoms with Crippen molar-refractivity contribution in [2.45, 2.75) is 64.9 Å². The van der Waals surface area contributed by atoms with E-state index in [2.05, 4.69) is 6.92 Å². The molecule has 0 saturated carbocycles. The van der Waals surface area contributed by atoms with Crippen LogP contribution in [-0.2, 0) is 4.79 Å². The molecule has 0 atom stereocenters. The highest BCUT2D eigenvalue weighted by Gasteiger charge is 2.45. The minimum atomic E-state index is -0.800. The van der Waals surface area contributed by atoms with Crippen molar-refractivity contribution in [1.29, 1.82) is 0 Å². The van der Waals surface area contributed by atoms with Gasteiger partial charge in [0.25, 0.3) is 5.91 Å². The van der Waals surface area contributed by atoms with Crippen LogP contribution in [0.1, 0.15) is 59.3 Å². The Morgan fingerprint density at radius 2 is 1.86 bits per heavy atom. The molecule has 1 aromatic rings. The van der Waals surface area contributed by atoms with Crippen molar-refractivity contribution in [2.24, 2.45) is 0 Å². The number of carbonyl (C=O) groups is 1. The molecule has 0 saturated heterocycles. The summed E-state index contributed by atoms with van der Waals surface area (Å²) < 4.78 is 6.02. The smallest absolute Gasteiger partial charge is 0.271 e. The Kier molecular flexibility index (Phi) is 5.33. The maximum Gasteiger partial charge on any atom is 0.271 e. The number of amides is 1. The first-order valence-corrected chi connectivity index (χ1v) is 8.42. The standard InChI is InChI=1S/C18H27NO3/c1-4-7-8-9-12-19-15-11-10-14(20)13-16(15)22-18(5-2,6-3)17(19)21/h10-11,13,20H,4-9,12H2,1-3H3. The molecule has 0 aliphatic carbocycles. The largest absolute Gasteiger partial charge is 0.508 e. The van der Waals surface area contributed by atoms with Crippen LogP contribution in [0.4, 0.5) is 5.69 Å². The lowest BCUT2D eigenvalue weighted by atomic mass is 9.92. The van der Waals surface area contributed by atoms with Crippen LogP contribution in [0, 0.1) is 0 Å². The van der Waals surface area contributed by atoms with Gasteiger partial charge in [0, 0.05) is 12.6 Å². The normalized spacial score (nSPS) is 16.3. The molecule has 22 heavy (non-hydrogen) atoms. The fourth-order valence-electron chi connectivity index (χ4n) is 3.03. The predicted octanol–water partition coefficient (Wildman–Crippen LogP) is 4.26. The molecule has 0 unspecified atom stereocenters. The number of ether oxygens (including phenoxy) is 1. The maximum atomic E-state index is 13.0. The lowest BCUT2D eigenvalue weighted by molar-refractivity contribution is -0.136. The Morgan fingerprint density at radius 3 is 2.50 bits per heavy atom. The Hall–Kier alpha value is -1.71. The zero-order chi connectivity index (χ0) is 16.2. The second kappa shape index (κ2) is 7.03. The number of nitrogens with zero attached hydrogens (tertiary/aromatic N) is 1. The highest BCUT2D eigenvalue weighted by atomic mass is 16.5. The molecule has 0 aromatic heterocycles. The number of phenolic OH excluding ortho intramolecular Hbond substituents is 1. The van der Waals surface area contributed by atoms with E-state index in [9.17, 15) is 9.90 Å². The number of phenols is 1. The van der Waals surface area contributed by atoms with Gasteiger partial charge in [0.2, 0.25) is 0 Å². The summed E-state index contributed by atoms with van der Waals surface area (Å²) in [5.41, 5.74) is -0.0252. The van der Waals surface area contributed by atoms with E-state index < -0.39 is 5.60 Å². The fraction of sp³-hybridized carbons (Fsp3) is 0.611. The molecule has 122 valence electrons. The van der Waals surface area contributed by atoms with Gasteiger partial charge in [-0.1, -0.05) is 40.0 Å². The molecule has 1 aliphatic rings. The zero-order valence-electron chi connectivity index (χ0n) is 13.9. The Labute approximate surface area is 133 Å². The van der Waals surface area contributed by atoms with Crippen molar-refractivity contribution < 1.29 is 14.6 Å². The Bertz CT molecular complexity index is 523. The third kappa shape index (κ3) is 3.06. The number of carbonyl (C=O) groups excluding carboxylic acids is 1. The molecule has 1 aromatic carbocycles. The molecule has 0 spiro atoms. The fourth-order valence-corrected chi connectivity index (χ4v) is 3.03. The number of unbranched alkanes of at least 4 members (excludes halogenated alkanes) is 3. The highest BCUT2D eigenvalue weighted by molar-refractivity contribution is 6.02. The Morgan fingerprint density at radius 1 is 1.14 bits per heavy atom. The average Bonchev–Trinajstić information content (AvgIpc) is 2.53. The number of rotatable bonds is 7. The summed E-state index contributed by atoms with van der Waals surface area (Å²) in [6.45, 7) is 6.84.